The third-order valence-corrected chi connectivity index (χ3v) is 3.28. The van der Waals surface area contributed by atoms with Crippen LogP contribution in [0.15, 0.2) is 35.0 Å². The first-order chi connectivity index (χ1) is 8.29. The number of allylic oxidation sites excluding steroid dienone is 1. The molecule has 0 bridgehead atoms. The van der Waals surface area contributed by atoms with E-state index in [0.29, 0.717) is 0 Å². The lowest BCUT2D eigenvalue weighted by Crippen LogP contribution is -2.00. The maximum Gasteiger partial charge on any atom is 0.0827 e. The molecule has 3 heteroatoms. The number of halogens is 1. The molecule has 0 aromatic heterocycles. The second-order valence-corrected chi connectivity index (χ2v) is 4.77. The lowest BCUT2D eigenvalue weighted by atomic mass is 10.0. The Morgan fingerprint density at radius 3 is 2.76 bits per heavy atom. The van der Waals surface area contributed by atoms with E-state index in [-0.39, 0.29) is 0 Å². The molecule has 0 amide bonds. The highest BCUT2D eigenvalue weighted by molar-refractivity contribution is 6.30. The minimum atomic E-state index is 0.732. The molecule has 0 saturated heterocycles. The van der Waals surface area contributed by atoms with Gasteiger partial charge in [-0.3, -0.25) is 0 Å². The molecule has 1 aromatic carbocycles. The quantitative estimate of drug-likeness (QED) is 0.443. The zero-order valence-corrected chi connectivity index (χ0v) is 10.5. The summed E-state index contributed by atoms with van der Waals surface area (Å²) in [6, 6.07) is 7.73. The van der Waals surface area contributed by atoms with Gasteiger partial charge in [-0.05, 0) is 55.0 Å². The average molecular weight is 250 g/mol. The van der Waals surface area contributed by atoms with Gasteiger partial charge in [0.15, 0.2) is 0 Å². The second kappa shape index (κ2) is 5.87. The fourth-order valence-electron chi connectivity index (χ4n) is 2.16. The SMILES string of the molecule is O/N=C1\CCCCC\C1=C/c1cccc(Cl)c1. The van der Waals surface area contributed by atoms with Crippen molar-refractivity contribution in [1.29, 1.82) is 0 Å². The molecule has 2 nitrogen and oxygen atoms in total. The van der Waals surface area contributed by atoms with Crippen LogP contribution in [0.25, 0.3) is 6.08 Å². The van der Waals surface area contributed by atoms with Gasteiger partial charge < -0.3 is 5.21 Å². The van der Waals surface area contributed by atoms with Crippen molar-refractivity contribution >= 4 is 23.4 Å². The molecule has 17 heavy (non-hydrogen) atoms. The first-order valence-electron chi connectivity index (χ1n) is 5.97. The summed E-state index contributed by atoms with van der Waals surface area (Å²) in [6.07, 6.45) is 7.38. The molecule has 1 aliphatic rings. The highest BCUT2D eigenvalue weighted by Crippen LogP contribution is 2.23. The smallest absolute Gasteiger partial charge is 0.0827 e. The summed E-state index contributed by atoms with van der Waals surface area (Å²) >= 11 is 5.96. The van der Waals surface area contributed by atoms with E-state index < -0.39 is 0 Å². The van der Waals surface area contributed by atoms with Crippen molar-refractivity contribution in [3.05, 3.63) is 40.4 Å². The number of hydrogen-bond acceptors (Lipinski definition) is 2. The Hall–Kier alpha value is -1.28. The first-order valence-corrected chi connectivity index (χ1v) is 6.35. The van der Waals surface area contributed by atoms with Gasteiger partial charge in [0.1, 0.15) is 0 Å². The Bertz CT molecular complexity index is 451. The highest BCUT2D eigenvalue weighted by Gasteiger charge is 2.12. The Morgan fingerprint density at radius 2 is 2.00 bits per heavy atom. The maximum atomic E-state index is 9.04. The summed E-state index contributed by atoms with van der Waals surface area (Å²) in [5.74, 6) is 0. The van der Waals surface area contributed by atoms with Crippen LogP contribution in [0.1, 0.15) is 37.7 Å². The van der Waals surface area contributed by atoms with Crippen LogP contribution >= 0.6 is 11.6 Å². The van der Waals surface area contributed by atoms with Gasteiger partial charge in [-0.25, -0.2) is 0 Å². The van der Waals surface area contributed by atoms with Crippen LogP contribution in [-0.2, 0) is 0 Å². The largest absolute Gasteiger partial charge is 0.411 e. The summed E-state index contributed by atoms with van der Waals surface area (Å²) in [7, 11) is 0. The Labute approximate surface area is 107 Å². The third-order valence-electron chi connectivity index (χ3n) is 3.04. The van der Waals surface area contributed by atoms with E-state index in [1.807, 2.05) is 24.3 Å². The van der Waals surface area contributed by atoms with Gasteiger partial charge in [-0.1, -0.05) is 35.3 Å². The summed E-state index contributed by atoms with van der Waals surface area (Å²) in [4.78, 5) is 0. The molecule has 0 radical (unpaired) electrons. The summed E-state index contributed by atoms with van der Waals surface area (Å²) < 4.78 is 0. The summed E-state index contributed by atoms with van der Waals surface area (Å²) in [5, 5.41) is 13.2. The van der Waals surface area contributed by atoms with Crippen LogP contribution in [0.2, 0.25) is 5.02 Å². The second-order valence-electron chi connectivity index (χ2n) is 4.33. The fourth-order valence-corrected chi connectivity index (χ4v) is 2.36. The van der Waals surface area contributed by atoms with Crippen LogP contribution in [0.4, 0.5) is 0 Å². The van der Waals surface area contributed by atoms with Crippen molar-refractivity contribution in [2.75, 3.05) is 0 Å². The van der Waals surface area contributed by atoms with E-state index in [9.17, 15) is 0 Å². The number of nitrogens with zero attached hydrogens (tertiary/aromatic N) is 1. The van der Waals surface area contributed by atoms with Gasteiger partial charge in [0.2, 0.25) is 0 Å². The lowest BCUT2D eigenvalue weighted by molar-refractivity contribution is 0.318. The number of benzene rings is 1. The normalized spacial score (nSPS) is 21.7. The van der Waals surface area contributed by atoms with Gasteiger partial charge in [0, 0.05) is 5.02 Å². The van der Waals surface area contributed by atoms with Crippen LogP contribution in [0.3, 0.4) is 0 Å². The molecule has 0 heterocycles. The first kappa shape index (κ1) is 12.2. The third kappa shape index (κ3) is 3.34. The van der Waals surface area contributed by atoms with Gasteiger partial charge >= 0.3 is 0 Å². The van der Waals surface area contributed by atoms with Crippen molar-refractivity contribution in [3.8, 4) is 0 Å². The molecule has 0 aliphatic heterocycles. The Balaban J connectivity index is 2.29. The van der Waals surface area contributed by atoms with Gasteiger partial charge in [0.25, 0.3) is 0 Å². The molecule has 2 rings (SSSR count). The predicted octanol–water partition coefficient (Wildman–Crippen LogP) is 4.52. The molecule has 1 aromatic rings. The number of hydrogen-bond donors (Lipinski definition) is 1. The van der Waals surface area contributed by atoms with Crippen LogP contribution in [-0.4, -0.2) is 10.9 Å². The molecule has 0 unspecified atom stereocenters. The molecule has 1 fully saturated rings. The molecule has 1 N–H and O–H groups in total. The average Bonchev–Trinajstić information content (AvgIpc) is 2.54. The van der Waals surface area contributed by atoms with Crippen LogP contribution in [0, 0.1) is 0 Å². The zero-order valence-electron chi connectivity index (χ0n) is 9.69. The molecule has 90 valence electrons. The van der Waals surface area contributed by atoms with E-state index in [4.69, 9.17) is 16.8 Å². The van der Waals surface area contributed by atoms with Gasteiger partial charge in [0.05, 0.1) is 5.71 Å². The minimum Gasteiger partial charge on any atom is -0.411 e. The van der Waals surface area contributed by atoms with Crippen LogP contribution < -0.4 is 0 Å². The minimum absolute atomic E-state index is 0.732. The lowest BCUT2D eigenvalue weighted by Gasteiger charge is -2.05. The monoisotopic (exact) mass is 249 g/mol. The van der Waals surface area contributed by atoms with E-state index in [2.05, 4.69) is 11.2 Å². The van der Waals surface area contributed by atoms with Crippen molar-refractivity contribution in [2.24, 2.45) is 5.16 Å². The molecular weight excluding hydrogens is 234 g/mol. The van der Waals surface area contributed by atoms with Gasteiger partial charge in [-0.15, -0.1) is 0 Å². The van der Waals surface area contributed by atoms with E-state index >= 15 is 0 Å². The number of oxime groups is 1. The highest BCUT2D eigenvalue weighted by atomic mass is 35.5. The number of rotatable bonds is 1. The fraction of sp³-hybridized carbons (Fsp3) is 0.357. The molecule has 0 atom stereocenters. The summed E-state index contributed by atoms with van der Waals surface area (Å²) in [5.41, 5.74) is 3.02. The predicted molar refractivity (Wildman–Crippen MR) is 71.7 cm³/mol. The van der Waals surface area contributed by atoms with E-state index in [1.165, 1.54) is 6.42 Å². The van der Waals surface area contributed by atoms with Crippen molar-refractivity contribution in [3.63, 3.8) is 0 Å². The zero-order chi connectivity index (χ0) is 12.1. The van der Waals surface area contributed by atoms with E-state index in [0.717, 1.165) is 47.6 Å². The summed E-state index contributed by atoms with van der Waals surface area (Å²) in [6.45, 7) is 0. The van der Waals surface area contributed by atoms with Crippen molar-refractivity contribution in [2.45, 2.75) is 32.1 Å². The van der Waals surface area contributed by atoms with E-state index in [1.54, 1.807) is 0 Å². The van der Waals surface area contributed by atoms with Crippen molar-refractivity contribution < 1.29 is 5.21 Å². The topological polar surface area (TPSA) is 32.6 Å². The van der Waals surface area contributed by atoms with Gasteiger partial charge in [-0.2, -0.15) is 0 Å². The standard InChI is InChI=1S/C14H16ClNO/c15-13-7-4-5-11(10-13)9-12-6-2-1-3-8-14(12)16-17/h4-5,7,9-10,17H,1-3,6,8H2/b12-9+,16-14+. The Morgan fingerprint density at radius 1 is 1.18 bits per heavy atom. The molecule has 0 spiro atoms. The van der Waals surface area contributed by atoms with Crippen molar-refractivity contribution in [1.82, 2.24) is 0 Å². The molecule has 1 aliphatic carbocycles. The van der Waals surface area contributed by atoms with Crippen LogP contribution in [0.5, 0.6) is 0 Å². The molecular formula is C14H16ClNO. The maximum absolute atomic E-state index is 9.04. The Kier molecular flexibility index (Phi) is 4.21. The molecule has 1 saturated carbocycles.